The molecule has 1 aromatic carbocycles. The third kappa shape index (κ3) is 3.96. The topological polar surface area (TPSA) is 61.4 Å². The molecule has 1 N–H and O–H groups in total. The summed E-state index contributed by atoms with van der Waals surface area (Å²) in [6.45, 7) is 5.86. The van der Waals surface area contributed by atoms with Crippen molar-refractivity contribution in [3.05, 3.63) is 40.0 Å². The molecule has 8 heteroatoms. The van der Waals surface area contributed by atoms with Gasteiger partial charge in [0.2, 0.25) is 5.91 Å². The van der Waals surface area contributed by atoms with Gasteiger partial charge < -0.3 is 15.1 Å². The number of thiophene rings is 1. The fourth-order valence-corrected chi connectivity index (χ4v) is 5.15. The van der Waals surface area contributed by atoms with E-state index in [9.17, 15) is 4.79 Å². The number of amides is 1. The zero-order valence-corrected chi connectivity index (χ0v) is 19.3. The van der Waals surface area contributed by atoms with Crippen LogP contribution in [-0.4, -0.2) is 43.1 Å². The van der Waals surface area contributed by atoms with Crippen LogP contribution < -0.4 is 15.1 Å². The lowest BCUT2D eigenvalue weighted by molar-refractivity contribution is -0.120. The Balaban J connectivity index is 1.47. The van der Waals surface area contributed by atoms with Gasteiger partial charge in [0.25, 0.3) is 0 Å². The van der Waals surface area contributed by atoms with Crippen LogP contribution in [-0.2, 0) is 4.79 Å². The van der Waals surface area contributed by atoms with Crippen molar-refractivity contribution in [2.24, 2.45) is 5.92 Å². The molecule has 4 rings (SSSR count). The molecule has 1 aliphatic rings. The molecular weight excluding hydrogens is 418 g/mol. The van der Waals surface area contributed by atoms with Gasteiger partial charge in [-0.2, -0.15) is 0 Å². The number of hydrogen-bond donors (Lipinski definition) is 1. The number of carbonyl (C=O) groups is 1. The van der Waals surface area contributed by atoms with E-state index in [1.54, 1.807) is 17.7 Å². The van der Waals surface area contributed by atoms with Crippen LogP contribution in [0.4, 0.5) is 17.2 Å². The Morgan fingerprint density at radius 3 is 2.67 bits per heavy atom. The number of nitrogens with zero attached hydrogens (tertiary/aromatic N) is 4. The van der Waals surface area contributed by atoms with Crippen molar-refractivity contribution in [3.63, 3.8) is 0 Å². The Morgan fingerprint density at radius 2 is 1.97 bits per heavy atom. The van der Waals surface area contributed by atoms with Gasteiger partial charge in [-0.25, -0.2) is 9.97 Å². The normalized spacial score (nSPS) is 14.9. The molecule has 0 radical (unpaired) electrons. The smallest absolute Gasteiger partial charge is 0.227 e. The molecule has 3 aromatic rings. The highest BCUT2D eigenvalue weighted by Crippen LogP contribution is 2.36. The predicted octanol–water partition coefficient (Wildman–Crippen LogP) is 4.88. The molecule has 6 nitrogen and oxygen atoms in total. The minimum Gasteiger partial charge on any atom is -0.376 e. The first kappa shape index (κ1) is 20.9. The lowest BCUT2D eigenvalue weighted by Gasteiger charge is -2.32. The molecule has 0 atom stereocenters. The molecule has 2 aromatic heterocycles. The minimum atomic E-state index is -0.0297. The van der Waals surface area contributed by atoms with Crippen LogP contribution in [0.5, 0.6) is 0 Å². The summed E-state index contributed by atoms with van der Waals surface area (Å²) >= 11 is 7.86. The maximum absolute atomic E-state index is 13.0. The molecule has 0 spiro atoms. The van der Waals surface area contributed by atoms with Gasteiger partial charge in [0.1, 0.15) is 17.0 Å². The summed E-state index contributed by atoms with van der Waals surface area (Å²) in [5, 5.41) is 4.85. The van der Waals surface area contributed by atoms with E-state index in [2.05, 4.69) is 34.0 Å². The zero-order chi connectivity index (χ0) is 21.4. The number of benzene rings is 1. The molecule has 1 saturated heterocycles. The molecular formula is C22H26ClN5OS. The molecule has 1 amide bonds. The van der Waals surface area contributed by atoms with Crippen LogP contribution in [0.3, 0.4) is 0 Å². The maximum atomic E-state index is 13.0. The molecule has 0 unspecified atom stereocenters. The van der Waals surface area contributed by atoms with E-state index in [1.165, 1.54) is 10.4 Å². The lowest BCUT2D eigenvalue weighted by Crippen LogP contribution is -2.38. The zero-order valence-electron chi connectivity index (χ0n) is 17.7. The molecule has 3 heterocycles. The quantitative estimate of drug-likeness (QED) is 0.622. The fourth-order valence-electron chi connectivity index (χ4n) is 3.99. The van der Waals surface area contributed by atoms with Crippen LogP contribution in [0, 0.1) is 19.8 Å². The van der Waals surface area contributed by atoms with Gasteiger partial charge in [-0.3, -0.25) is 4.79 Å². The highest BCUT2D eigenvalue weighted by Gasteiger charge is 2.28. The second kappa shape index (κ2) is 8.40. The van der Waals surface area contributed by atoms with E-state index < -0.39 is 0 Å². The van der Waals surface area contributed by atoms with Crippen LogP contribution in [0.25, 0.3) is 10.2 Å². The highest BCUT2D eigenvalue weighted by atomic mass is 35.5. The number of carbonyl (C=O) groups excluding carboxylic acids is 1. The maximum Gasteiger partial charge on any atom is 0.227 e. The minimum absolute atomic E-state index is 0.0297. The second-order valence-electron chi connectivity index (χ2n) is 7.97. The largest absolute Gasteiger partial charge is 0.376 e. The van der Waals surface area contributed by atoms with Gasteiger partial charge >= 0.3 is 0 Å². The average Bonchev–Trinajstić information content (AvgIpc) is 3.02. The SMILES string of the molecule is Cc1sc2ncnc(N3CCC(C(=O)Nc4cc(Cl)ccc4N(C)C)CC3)c2c1C. The number of rotatable bonds is 4. The monoisotopic (exact) mass is 443 g/mol. The van der Waals surface area contributed by atoms with Gasteiger partial charge in [-0.05, 0) is 50.5 Å². The van der Waals surface area contributed by atoms with Crippen LogP contribution >= 0.6 is 22.9 Å². The summed E-state index contributed by atoms with van der Waals surface area (Å²) in [4.78, 5) is 28.5. The lowest BCUT2D eigenvalue weighted by atomic mass is 9.95. The van der Waals surface area contributed by atoms with Gasteiger partial charge in [0.05, 0.1) is 16.8 Å². The third-order valence-electron chi connectivity index (χ3n) is 5.81. The summed E-state index contributed by atoms with van der Waals surface area (Å²) < 4.78 is 0. The van der Waals surface area contributed by atoms with Crippen molar-refractivity contribution in [1.29, 1.82) is 0 Å². The standard InChI is InChI=1S/C22H26ClN5OS/c1-13-14(2)30-22-19(13)20(24-12-25-22)28-9-7-15(8-10-28)21(29)26-17-11-16(23)5-6-18(17)27(3)4/h5-6,11-12,15H,7-10H2,1-4H3,(H,26,29). The number of anilines is 3. The van der Waals surface area contributed by atoms with Gasteiger partial charge in [0.15, 0.2) is 0 Å². The second-order valence-corrected chi connectivity index (χ2v) is 9.61. The number of nitrogens with one attached hydrogen (secondary N) is 1. The summed E-state index contributed by atoms with van der Waals surface area (Å²) in [5.74, 6) is 1.01. The highest BCUT2D eigenvalue weighted by molar-refractivity contribution is 7.18. The first-order valence-electron chi connectivity index (χ1n) is 10.1. The molecule has 1 fully saturated rings. The predicted molar refractivity (Wildman–Crippen MR) is 126 cm³/mol. The van der Waals surface area contributed by atoms with E-state index in [1.807, 2.05) is 37.2 Å². The Labute approximate surface area is 185 Å². The van der Waals surface area contributed by atoms with Gasteiger partial charge in [-0.15, -0.1) is 11.3 Å². The van der Waals surface area contributed by atoms with Crippen LogP contribution in [0.15, 0.2) is 24.5 Å². The summed E-state index contributed by atoms with van der Waals surface area (Å²) in [6, 6.07) is 5.57. The third-order valence-corrected chi connectivity index (χ3v) is 7.16. The fraction of sp³-hybridized carbons (Fsp3) is 0.409. The number of aromatic nitrogens is 2. The number of aryl methyl sites for hydroxylation is 2. The molecule has 1 aliphatic heterocycles. The number of hydrogen-bond acceptors (Lipinski definition) is 6. The Bertz CT molecular complexity index is 1090. The number of piperidine rings is 1. The molecule has 0 aliphatic carbocycles. The first-order valence-corrected chi connectivity index (χ1v) is 11.3. The van der Waals surface area contributed by atoms with Crippen molar-refractivity contribution in [2.45, 2.75) is 26.7 Å². The number of fused-ring (bicyclic) bond motifs is 1. The van der Waals surface area contributed by atoms with E-state index in [0.717, 1.165) is 53.3 Å². The Morgan fingerprint density at radius 1 is 1.23 bits per heavy atom. The Hall–Kier alpha value is -2.38. The first-order chi connectivity index (χ1) is 14.3. The molecule has 158 valence electrons. The summed E-state index contributed by atoms with van der Waals surface area (Å²) in [7, 11) is 3.90. The van der Waals surface area contributed by atoms with Gasteiger partial charge in [-0.1, -0.05) is 11.6 Å². The van der Waals surface area contributed by atoms with Crippen LogP contribution in [0.2, 0.25) is 5.02 Å². The number of halogens is 1. The summed E-state index contributed by atoms with van der Waals surface area (Å²) in [5.41, 5.74) is 2.95. The average molecular weight is 444 g/mol. The van der Waals surface area contributed by atoms with E-state index in [4.69, 9.17) is 11.6 Å². The molecule has 0 saturated carbocycles. The van der Waals surface area contributed by atoms with Gasteiger partial charge in [0, 0.05) is 43.0 Å². The molecule has 0 bridgehead atoms. The van der Waals surface area contributed by atoms with E-state index in [-0.39, 0.29) is 11.8 Å². The summed E-state index contributed by atoms with van der Waals surface area (Å²) in [6.07, 6.45) is 3.22. The van der Waals surface area contributed by atoms with E-state index in [0.29, 0.717) is 5.02 Å². The van der Waals surface area contributed by atoms with Crippen molar-refractivity contribution >= 4 is 56.3 Å². The van der Waals surface area contributed by atoms with Crippen LogP contribution in [0.1, 0.15) is 23.3 Å². The van der Waals surface area contributed by atoms with Crippen molar-refractivity contribution in [3.8, 4) is 0 Å². The van der Waals surface area contributed by atoms with Crippen molar-refractivity contribution < 1.29 is 4.79 Å². The Kier molecular flexibility index (Phi) is 5.84. The van der Waals surface area contributed by atoms with Crippen molar-refractivity contribution in [2.75, 3.05) is 42.3 Å². The van der Waals surface area contributed by atoms with E-state index >= 15 is 0 Å². The van der Waals surface area contributed by atoms with Crippen molar-refractivity contribution in [1.82, 2.24) is 9.97 Å². The molecule has 30 heavy (non-hydrogen) atoms.